The molecule has 3 heterocycles. The zero-order chi connectivity index (χ0) is 22.1. The molecule has 1 aromatic carbocycles. The van der Waals surface area contributed by atoms with Crippen molar-refractivity contribution < 1.29 is 14.5 Å². The fraction of sp³-hybridized carbons (Fsp3) is 0.545. The molecule has 0 radical (unpaired) electrons. The van der Waals surface area contributed by atoms with E-state index in [0.717, 1.165) is 13.1 Å². The maximum Gasteiger partial charge on any atom is 0.293 e. The number of nitro groups is 1. The molecular formula is C22H29N5O4. The zero-order valence-corrected chi connectivity index (χ0v) is 18.0. The van der Waals surface area contributed by atoms with E-state index in [9.17, 15) is 19.7 Å². The number of aromatic amines is 1. The third-order valence-corrected chi connectivity index (χ3v) is 6.30. The lowest BCUT2D eigenvalue weighted by molar-refractivity contribution is -0.383. The van der Waals surface area contributed by atoms with Crippen LogP contribution in [0.1, 0.15) is 30.8 Å². The number of nitrogens with one attached hydrogen (secondary N) is 1. The van der Waals surface area contributed by atoms with Gasteiger partial charge in [0.1, 0.15) is 11.2 Å². The monoisotopic (exact) mass is 427 g/mol. The standard InChI is InChI=1S/C22H29N5O4/c1-15-10-16(2)13-26(12-15)20(28)14-24-6-8-25(9-7-24)22(29)18-11-17-4-3-5-19(27(30)31)21(17)23-18/h3-5,11,15-16,23H,6-10,12-14H2,1-2H3/t15-,16+. The first-order chi connectivity index (χ1) is 14.8. The lowest BCUT2D eigenvalue weighted by Crippen LogP contribution is -2.53. The quantitative estimate of drug-likeness (QED) is 0.596. The number of carbonyl (C=O) groups excluding carboxylic acids is 2. The molecule has 0 spiro atoms. The van der Waals surface area contributed by atoms with Gasteiger partial charge in [0.15, 0.2) is 0 Å². The van der Waals surface area contributed by atoms with Gasteiger partial charge in [0.25, 0.3) is 11.6 Å². The SMILES string of the molecule is C[C@@H]1C[C@H](C)CN(C(=O)CN2CCN(C(=O)c3cc4cccc([N+](=O)[O-])c4[nH]3)CC2)C1. The number of rotatable bonds is 4. The van der Waals surface area contributed by atoms with Crippen LogP contribution in [0.15, 0.2) is 24.3 Å². The second-order valence-corrected chi connectivity index (χ2v) is 8.99. The second kappa shape index (κ2) is 8.66. The van der Waals surface area contributed by atoms with E-state index in [1.165, 1.54) is 12.5 Å². The van der Waals surface area contributed by atoms with Gasteiger partial charge >= 0.3 is 0 Å². The Morgan fingerprint density at radius 2 is 1.77 bits per heavy atom. The summed E-state index contributed by atoms with van der Waals surface area (Å²) in [5.41, 5.74) is 0.677. The molecule has 2 atom stereocenters. The largest absolute Gasteiger partial charge is 0.345 e. The van der Waals surface area contributed by atoms with Crippen molar-refractivity contribution in [1.29, 1.82) is 0 Å². The van der Waals surface area contributed by atoms with Crippen molar-refractivity contribution in [2.24, 2.45) is 11.8 Å². The van der Waals surface area contributed by atoms with E-state index in [-0.39, 0.29) is 17.5 Å². The predicted molar refractivity (Wildman–Crippen MR) is 117 cm³/mol. The van der Waals surface area contributed by atoms with Crippen LogP contribution in [0.3, 0.4) is 0 Å². The van der Waals surface area contributed by atoms with Crippen molar-refractivity contribution in [2.75, 3.05) is 45.8 Å². The predicted octanol–water partition coefficient (Wildman–Crippen LogP) is 2.34. The molecule has 4 rings (SSSR count). The molecule has 2 aliphatic rings. The van der Waals surface area contributed by atoms with Crippen LogP contribution in [0.25, 0.3) is 10.9 Å². The number of fused-ring (bicyclic) bond motifs is 1. The van der Waals surface area contributed by atoms with Crippen molar-refractivity contribution in [2.45, 2.75) is 20.3 Å². The Morgan fingerprint density at radius 3 is 2.42 bits per heavy atom. The molecule has 2 aromatic rings. The van der Waals surface area contributed by atoms with E-state index in [2.05, 4.69) is 23.7 Å². The molecule has 9 heteroatoms. The third kappa shape index (κ3) is 4.56. The minimum absolute atomic E-state index is 0.0405. The highest BCUT2D eigenvalue weighted by Gasteiger charge is 2.29. The summed E-state index contributed by atoms with van der Waals surface area (Å²) in [5.74, 6) is 1.07. The Labute approximate surface area is 181 Å². The summed E-state index contributed by atoms with van der Waals surface area (Å²) in [6, 6.07) is 6.45. The summed E-state index contributed by atoms with van der Waals surface area (Å²) in [7, 11) is 0. The van der Waals surface area contributed by atoms with Gasteiger partial charge < -0.3 is 14.8 Å². The fourth-order valence-corrected chi connectivity index (χ4v) is 4.84. The first-order valence-corrected chi connectivity index (χ1v) is 10.9. The second-order valence-electron chi connectivity index (χ2n) is 8.99. The summed E-state index contributed by atoms with van der Waals surface area (Å²) in [4.78, 5) is 45.2. The van der Waals surface area contributed by atoms with Crippen molar-refractivity contribution in [3.8, 4) is 0 Å². The summed E-state index contributed by atoms with van der Waals surface area (Å²) >= 11 is 0. The molecule has 0 saturated carbocycles. The lowest BCUT2D eigenvalue weighted by Gasteiger charge is -2.38. The van der Waals surface area contributed by atoms with E-state index in [0.29, 0.717) is 61.2 Å². The Kier molecular flexibility index (Phi) is 5.95. The van der Waals surface area contributed by atoms with Gasteiger partial charge in [-0.2, -0.15) is 0 Å². The number of carbonyl (C=O) groups is 2. The highest BCUT2D eigenvalue weighted by Crippen LogP contribution is 2.26. The van der Waals surface area contributed by atoms with Crippen LogP contribution in [-0.4, -0.2) is 82.2 Å². The van der Waals surface area contributed by atoms with Crippen LogP contribution in [0.4, 0.5) is 5.69 Å². The van der Waals surface area contributed by atoms with Gasteiger partial charge in [-0.3, -0.25) is 24.6 Å². The minimum Gasteiger partial charge on any atom is -0.345 e. The van der Waals surface area contributed by atoms with Gasteiger partial charge in [-0.15, -0.1) is 0 Å². The number of benzene rings is 1. The van der Waals surface area contributed by atoms with Crippen LogP contribution in [0, 0.1) is 22.0 Å². The van der Waals surface area contributed by atoms with E-state index < -0.39 is 4.92 Å². The molecule has 0 bridgehead atoms. The minimum atomic E-state index is -0.452. The number of piperidine rings is 1. The maximum absolute atomic E-state index is 12.9. The average molecular weight is 428 g/mol. The third-order valence-electron chi connectivity index (χ3n) is 6.30. The number of likely N-dealkylation sites (tertiary alicyclic amines) is 1. The topological polar surface area (TPSA) is 103 Å². The average Bonchev–Trinajstić information content (AvgIpc) is 3.17. The van der Waals surface area contributed by atoms with Crippen LogP contribution in [0.2, 0.25) is 0 Å². The molecule has 1 aromatic heterocycles. The molecule has 166 valence electrons. The van der Waals surface area contributed by atoms with Crippen LogP contribution >= 0.6 is 0 Å². The normalized spacial score (nSPS) is 22.6. The molecule has 2 fully saturated rings. The molecule has 9 nitrogen and oxygen atoms in total. The lowest BCUT2D eigenvalue weighted by atomic mass is 9.92. The fourth-order valence-electron chi connectivity index (χ4n) is 4.84. The molecule has 1 N–H and O–H groups in total. The number of H-pyrrole nitrogens is 1. The Bertz CT molecular complexity index is 985. The Hall–Kier alpha value is -2.94. The number of non-ortho nitro benzene ring substituents is 1. The molecular weight excluding hydrogens is 398 g/mol. The van der Waals surface area contributed by atoms with Crippen LogP contribution in [-0.2, 0) is 4.79 Å². The van der Waals surface area contributed by atoms with Crippen molar-refractivity contribution in [1.82, 2.24) is 19.7 Å². The number of para-hydroxylation sites is 1. The summed E-state index contributed by atoms with van der Waals surface area (Å²) < 4.78 is 0. The summed E-state index contributed by atoms with van der Waals surface area (Å²) in [6.45, 7) is 8.75. The van der Waals surface area contributed by atoms with Gasteiger partial charge in [0.2, 0.25) is 5.91 Å². The first kappa shape index (κ1) is 21.3. The number of hydrogen-bond donors (Lipinski definition) is 1. The smallest absolute Gasteiger partial charge is 0.293 e. The van der Waals surface area contributed by atoms with Crippen LogP contribution in [0.5, 0.6) is 0 Å². The molecule has 31 heavy (non-hydrogen) atoms. The van der Waals surface area contributed by atoms with Gasteiger partial charge in [0.05, 0.1) is 11.5 Å². The maximum atomic E-state index is 12.9. The molecule has 2 amide bonds. The van der Waals surface area contributed by atoms with E-state index in [1.54, 1.807) is 23.1 Å². The highest BCUT2D eigenvalue weighted by atomic mass is 16.6. The van der Waals surface area contributed by atoms with Gasteiger partial charge in [-0.25, -0.2) is 0 Å². The highest BCUT2D eigenvalue weighted by molar-refractivity contribution is 6.00. The van der Waals surface area contributed by atoms with Crippen molar-refractivity contribution in [3.05, 3.63) is 40.1 Å². The number of aromatic nitrogens is 1. The molecule has 2 aliphatic heterocycles. The van der Waals surface area contributed by atoms with E-state index in [1.807, 2.05) is 4.90 Å². The van der Waals surface area contributed by atoms with Crippen LogP contribution < -0.4 is 0 Å². The van der Waals surface area contributed by atoms with E-state index in [4.69, 9.17) is 0 Å². The first-order valence-electron chi connectivity index (χ1n) is 10.9. The summed E-state index contributed by atoms with van der Waals surface area (Å²) in [5, 5.41) is 11.9. The van der Waals surface area contributed by atoms with Gasteiger partial charge in [-0.1, -0.05) is 26.0 Å². The molecule has 0 aliphatic carbocycles. The Balaban J connectivity index is 1.35. The number of piperazine rings is 1. The zero-order valence-electron chi connectivity index (χ0n) is 18.0. The van der Waals surface area contributed by atoms with Gasteiger partial charge in [-0.05, 0) is 24.3 Å². The van der Waals surface area contributed by atoms with Gasteiger partial charge in [0, 0.05) is 50.7 Å². The molecule has 2 saturated heterocycles. The van der Waals surface area contributed by atoms with Crippen molar-refractivity contribution in [3.63, 3.8) is 0 Å². The van der Waals surface area contributed by atoms with E-state index >= 15 is 0 Å². The summed E-state index contributed by atoms with van der Waals surface area (Å²) in [6.07, 6.45) is 1.17. The number of hydrogen-bond acceptors (Lipinski definition) is 5. The molecule has 0 unspecified atom stereocenters. The number of nitrogens with zero attached hydrogens (tertiary/aromatic N) is 4. The Morgan fingerprint density at radius 1 is 1.10 bits per heavy atom. The number of amides is 2. The number of nitro benzene ring substituents is 1. The van der Waals surface area contributed by atoms with Crippen molar-refractivity contribution >= 4 is 28.4 Å².